The molecule has 7 heteroatoms. The summed E-state index contributed by atoms with van der Waals surface area (Å²) in [5.41, 5.74) is 1.96. The van der Waals surface area contributed by atoms with Gasteiger partial charge in [-0.15, -0.1) is 0 Å². The van der Waals surface area contributed by atoms with E-state index < -0.39 is 5.97 Å². The summed E-state index contributed by atoms with van der Waals surface area (Å²) in [6, 6.07) is 11.4. The normalized spacial score (nSPS) is 16.0. The fraction of sp³-hybridized carbons (Fsp3) is 0.435. The highest BCUT2D eigenvalue weighted by atomic mass is 16.5. The van der Waals surface area contributed by atoms with E-state index in [1.807, 2.05) is 36.4 Å². The molecule has 7 nitrogen and oxygen atoms in total. The number of likely N-dealkylation sites (tertiary alicyclic amines) is 1. The summed E-state index contributed by atoms with van der Waals surface area (Å²) in [6.07, 6.45) is 1.21. The Labute approximate surface area is 177 Å². The lowest BCUT2D eigenvalue weighted by atomic mass is 9.90. The average molecular weight is 415 g/mol. The molecule has 1 saturated heterocycles. The standard InChI is InChI=1S/C23H29NO6/c1-27-17-6-8-19(28-2)18(14-17)22(24-11-9-15(10-12-24)23(25)26)16-5-7-20(29-3)21(13-16)30-4/h5-8,13-15,22H,9-12H2,1-4H3,(H,25,26). The van der Waals surface area contributed by atoms with Gasteiger partial charge in [0.2, 0.25) is 0 Å². The molecule has 0 amide bonds. The highest BCUT2D eigenvalue weighted by molar-refractivity contribution is 5.70. The minimum atomic E-state index is -0.726. The zero-order valence-electron chi connectivity index (χ0n) is 17.9. The predicted octanol–water partition coefficient (Wildman–Crippen LogP) is 3.61. The molecule has 2 aromatic carbocycles. The van der Waals surface area contributed by atoms with Crippen LogP contribution in [0.15, 0.2) is 36.4 Å². The number of aliphatic carboxylic acids is 1. The van der Waals surface area contributed by atoms with Crippen molar-refractivity contribution in [3.8, 4) is 23.0 Å². The van der Waals surface area contributed by atoms with Gasteiger partial charge in [-0.05, 0) is 61.8 Å². The number of carboxylic acid groups (broad SMARTS) is 1. The van der Waals surface area contributed by atoms with Crippen LogP contribution in [0.5, 0.6) is 23.0 Å². The van der Waals surface area contributed by atoms with E-state index in [1.54, 1.807) is 28.4 Å². The quantitative estimate of drug-likeness (QED) is 0.706. The number of ether oxygens (including phenoxy) is 4. The summed E-state index contributed by atoms with van der Waals surface area (Å²) in [7, 11) is 6.50. The lowest BCUT2D eigenvalue weighted by molar-refractivity contribution is -0.143. The van der Waals surface area contributed by atoms with Gasteiger partial charge in [0, 0.05) is 5.56 Å². The first-order chi connectivity index (χ1) is 14.5. The number of benzene rings is 2. The Bertz CT molecular complexity index is 876. The van der Waals surface area contributed by atoms with Crippen LogP contribution in [0.3, 0.4) is 0 Å². The molecule has 162 valence electrons. The van der Waals surface area contributed by atoms with E-state index in [-0.39, 0.29) is 12.0 Å². The Morgan fingerprint density at radius 3 is 2.10 bits per heavy atom. The zero-order chi connectivity index (χ0) is 21.7. The molecule has 0 saturated carbocycles. The molecule has 1 fully saturated rings. The van der Waals surface area contributed by atoms with Crippen molar-refractivity contribution in [2.45, 2.75) is 18.9 Å². The molecule has 0 aliphatic carbocycles. The average Bonchev–Trinajstić information content (AvgIpc) is 2.79. The van der Waals surface area contributed by atoms with Crippen molar-refractivity contribution >= 4 is 5.97 Å². The molecular weight excluding hydrogens is 386 g/mol. The van der Waals surface area contributed by atoms with Crippen molar-refractivity contribution in [2.24, 2.45) is 5.92 Å². The maximum Gasteiger partial charge on any atom is 0.306 e. The smallest absolute Gasteiger partial charge is 0.306 e. The van der Waals surface area contributed by atoms with E-state index in [9.17, 15) is 9.90 Å². The number of carboxylic acids is 1. The number of methoxy groups -OCH3 is 4. The van der Waals surface area contributed by atoms with E-state index in [0.29, 0.717) is 37.4 Å². The molecule has 3 rings (SSSR count). The summed E-state index contributed by atoms with van der Waals surface area (Å²) in [5, 5.41) is 9.39. The van der Waals surface area contributed by atoms with Crippen molar-refractivity contribution in [1.29, 1.82) is 0 Å². The van der Waals surface area contributed by atoms with Crippen LogP contribution in [-0.4, -0.2) is 57.5 Å². The van der Waals surface area contributed by atoms with Crippen LogP contribution < -0.4 is 18.9 Å². The van der Waals surface area contributed by atoms with Crippen LogP contribution in [0.2, 0.25) is 0 Å². The van der Waals surface area contributed by atoms with E-state index in [4.69, 9.17) is 18.9 Å². The molecule has 1 N–H and O–H groups in total. The van der Waals surface area contributed by atoms with Crippen LogP contribution in [0.4, 0.5) is 0 Å². The monoisotopic (exact) mass is 415 g/mol. The fourth-order valence-electron chi connectivity index (χ4n) is 4.07. The highest BCUT2D eigenvalue weighted by Crippen LogP contribution is 2.41. The summed E-state index contributed by atoms with van der Waals surface area (Å²) in [6.45, 7) is 1.33. The third-order valence-electron chi connectivity index (χ3n) is 5.70. The van der Waals surface area contributed by atoms with Crippen LogP contribution in [0, 0.1) is 5.92 Å². The highest BCUT2D eigenvalue weighted by Gasteiger charge is 2.32. The number of rotatable bonds is 8. The first-order valence-electron chi connectivity index (χ1n) is 9.93. The summed E-state index contributed by atoms with van der Waals surface area (Å²) in [4.78, 5) is 13.7. The third kappa shape index (κ3) is 4.46. The summed E-state index contributed by atoms with van der Waals surface area (Å²) in [5.74, 6) is 1.74. The summed E-state index contributed by atoms with van der Waals surface area (Å²) >= 11 is 0. The first-order valence-corrected chi connectivity index (χ1v) is 9.93. The second-order valence-electron chi connectivity index (χ2n) is 7.27. The molecule has 1 aliphatic rings. The SMILES string of the molecule is COc1ccc(OC)c(C(c2ccc(OC)c(OC)c2)N2CCC(C(=O)O)CC2)c1. The predicted molar refractivity (Wildman–Crippen MR) is 113 cm³/mol. The lowest BCUT2D eigenvalue weighted by Gasteiger charge is -2.37. The van der Waals surface area contributed by atoms with Crippen molar-refractivity contribution in [1.82, 2.24) is 4.90 Å². The second kappa shape index (κ2) is 9.71. The molecule has 1 heterocycles. The topological polar surface area (TPSA) is 77.5 Å². The van der Waals surface area contributed by atoms with Crippen LogP contribution in [-0.2, 0) is 4.79 Å². The second-order valence-corrected chi connectivity index (χ2v) is 7.27. The largest absolute Gasteiger partial charge is 0.497 e. The minimum absolute atomic E-state index is 0.149. The number of piperidine rings is 1. The molecule has 0 aromatic heterocycles. The van der Waals surface area contributed by atoms with Crippen molar-refractivity contribution in [3.05, 3.63) is 47.5 Å². The minimum Gasteiger partial charge on any atom is -0.497 e. The Morgan fingerprint density at radius 1 is 0.900 bits per heavy atom. The number of nitrogens with zero attached hydrogens (tertiary/aromatic N) is 1. The van der Waals surface area contributed by atoms with Crippen molar-refractivity contribution in [3.63, 3.8) is 0 Å². The van der Waals surface area contributed by atoms with Gasteiger partial charge >= 0.3 is 5.97 Å². The Balaban J connectivity index is 2.07. The van der Waals surface area contributed by atoms with Crippen LogP contribution in [0.1, 0.15) is 30.0 Å². The number of hydrogen-bond acceptors (Lipinski definition) is 6. The van der Waals surface area contributed by atoms with Gasteiger partial charge in [-0.2, -0.15) is 0 Å². The Kier molecular flexibility index (Phi) is 7.05. The zero-order valence-corrected chi connectivity index (χ0v) is 17.9. The van der Waals surface area contributed by atoms with Gasteiger partial charge in [-0.3, -0.25) is 9.69 Å². The fourth-order valence-corrected chi connectivity index (χ4v) is 4.07. The molecular formula is C23H29NO6. The maximum atomic E-state index is 11.4. The molecule has 1 aliphatic heterocycles. The number of hydrogen-bond donors (Lipinski definition) is 1. The van der Waals surface area contributed by atoms with Crippen molar-refractivity contribution in [2.75, 3.05) is 41.5 Å². The Hall–Kier alpha value is -2.93. The van der Waals surface area contributed by atoms with Gasteiger partial charge < -0.3 is 24.1 Å². The van der Waals surface area contributed by atoms with Crippen LogP contribution in [0.25, 0.3) is 0 Å². The Morgan fingerprint density at radius 2 is 1.53 bits per heavy atom. The summed E-state index contributed by atoms with van der Waals surface area (Å²) < 4.78 is 22.0. The molecule has 0 radical (unpaired) electrons. The lowest BCUT2D eigenvalue weighted by Crippen LogP contribution is -2.39. The van der Waals surface area contributed by atoms with Crippen molar-refractivity contribution < 1.29 is 28.8 Å². The van der Waals surface area contributed by atoms with E-state index in [1.165, 1.54) is 0 Å². The maximum absolute atomic E-state index is 11.4. The molecule has 30 heavy (non-hydrogen) atoms. The third-order valence-corrected chi connectivity index (χ3v) is 5.70. The van der Waals surface area contributed by atoms with Gasteiger partial charge in [0.25, 0.3) is 0 Å². The van der Waals surface area contributed by atoms with Crippen LogP contribution >= 0.6 is 0 Å². The van der Waals surface area contributed by atoms with Gasteiger partial charge in [-0.1, -0.05) is 6.07 Å². The molecule has 2 aromatic rings. The molecule has 0 spiro atoms. The number of carbonyl (C=O) groups is 1. The van der Waals surface area contributed by atoms with Gasteiger partial charge in [0.15, 0.2) is 11.5 Å². The van der Waals surface area contributed by atoms with E-state index in [2.05, 4.69) is 4.90 Å². The van der Waals surface area contributed by atoms with Gasteiger partial charge in [0.05, 0.1) is 40.4 Å². The van der Waals surface area contributed by atoms with E-state index in [0.717, 1.165) is 22.6 Å². The molecule has 1 unspecified atom stereocenters. The molecule has 1 atom stereocenters. The first kappa shape index (κ1) is 21.8. The van der Waals surface area contributed by atoms with Gasteiger partial charge in [-0.25, -0.2) is 0 Å². The molecule has 0 bridgehead atoms. The van der Waals surface area contributed by atoms with E-state index >= 15 is 0 Å². The van der Waals surface area contributed by atoms with Gasteiger partial charge in [0.1, 0.15) is 11.5 Å².